The third kappa shape index (κ3) is 3.00. The van der Waals surface area contributed by atoms with Gasteiger partial charge in [0.2, 0.25) is 0 Å². The fraction of sp³-hybridized carbons (Fsp3) is 0.0909. The minimum absolute atomic E-state index is 0.389. The number of hydrogen-bond acceptors (Lipinski definition) is 2. The summed E-state index contributed by atoms with van der Waals surface area (Å²) in [4.78, 5) is 0.389. The quantitative estimate of drug-likeness (QED) is 0.765. The molecule has 0 spiro atoms. The molecule has 0 bridgehead atoms. The van der Waals surface area contributed by atoms with Crippen molar-refractivity contribution in [2.45, 2.75) is 6.42 Å². The zero-order valence-electron chi connectivity index (χ0n) is 7.60. The van der Waals surface area contributed by atoms with Crippen molar-refractivity contribution in [2.24, 2.45) is 5.73 Å². The van der Waals surface area contributed by atoms with Gasteiger partial charge in [-0.2, -0.15) is 5.26 Å². The van der Waals surface area contributed by atoms with Crippen molar-refractivity contribution in [3.05, 3.63) is 41.5 Å². The number of nitriles is 1. The molecule has 0 aliphatic carbocycles. The van der Waals surface area contributed by atoms with Crippen LogP contribution < -0.4 is 5.73 Å². The van der Waals surface area contributed by atoms with Crippen LogP contribution in [0.15, 0.2) is 30.3 Å². The highest BCUT2D eigenvalue weighted by Gasteiger charge is 1.94. The second-order valence-corrected chi connectivity index (χ2v) is 3.19. The first-order valence-electron chi connectivity index (χ1n) is 4.17. The number of allylic oxidation sites excluding steroid dienone is 1. The van der Waals surface area contributed by atoms with Crippen LogP contribution >= 0.6 is 12.2 Å². The Morgan fingerprint density at radius 2 is 2.36 bits per heavy atom. The number of nitrogens with two attached hydrogens (primary N) is 1. The summed E-state index contributed by atoms with van der Waals surface area (Å²) in [7, 11) is 0. The fourth-order valence-electron chi connectivity index (χ4n) is 1.04. The molecule has 1 rings (SSSR count). The minimum Gasteiger partial charge on any atom is -0.389 e. The van der Waals surface area contributed by atoms with Gasteiger partial charge in [0, 0.05) is 5.56 Å². The SMILES string of the molecule is N#CCC=Cc1cccc(C(N)=S)c1. The molecule has 70 valence electrons. The monoisotopic (exact) mass is 202 g/mol. The van der Waals surface area contributed by atoms with E-state index in [4.69, 9.17) is 23.2 Å². The summed E-state index contributed by atoms with van der Waals surface area (Å²) >= 11 is 4.86. The lowest BCUT2D eigenvalue weighted by Gasteiger charge is -1.98. The minimum atomic E-state index is 0.389. The van der Waals surface area contributed by atoms with E-state index in [0.717, 1.165) is 11.1 Å². The van der Waals surface area contributed by atoms with Crippen LogP contribution in [0.5, 0.6) is 0 Å². The maximum Gasteiger partial charge on any atom is 0.104 e. The maximum absolute atomic E-state index is 8.35. The highest BCUT2D eigenvalue weighted by molar-refractivity contribution is 7.80. The van der Waals surface area contributed by atoms with E-state index in [9.17, 15) is 0 Å². The summed E-state index contributed by atoms with van der Waals surface area (Å²) in [6.45, 7) is 0. The molecule has 2 nitrogen and oxygen atoms in total. The number of nitrogens with zero attached hydrogens (tertiary/aromatic N) is 1. The summed E-state index contributed by atoms with van der Waals surface area (Å²) in [5, 5.41) is 8.35. The lowest BCUT2D eigenvalue weighted by Crippen LogP contribution is -2.08. The molecule has 0 saturated heterocycles. The molecule has 0 radical (unpaired) electrons. The number of benzene rings is 1. The van der Waals surface area contributed by atoms with Crippen molar-refractivity contribution in [1.29, 1.82) is 5.26 Å². The van der Waals surface area contributed by atoms with Crippen LogP contribution in [0.2, 0.25) is 0 Å². The van der Waals surface area contributed by atoms with Crippen LogP contribution in [0.1, 0.15) is 17.5 Å². The van der Waals surface area contributed by atoms with E-state index in [1.807, 2.05) is 36.4 Å². The lowest BCUT2D eigenvalue weighted by atomic mass is 10.1. The van der Waals surface area contributed by atoms with E-state index in [1.54, 1.807) is 6.08 Å². The van der Waals surface area contributed by atoms with Gasteiger partial charge in [0.1, 0.15) is 4.99 Å². The predicted molar refractivity (Wildman–Crippen MR) is 61.6 cm³/mol. The highest BCUT2D eigenvalue weighted by atomic mass is 32.1. The summed E-state index contributed by atoms with van der Waals surface area (Å²) in [6.07, 6.45) is 4.10. The van der Waals surface area contributed by atoms with Gasteiger partial charge in [-0.1, -0.05) is 42.6 Å². The van der Waals surface area contributed by atoms with Gasteiger partial charge in [-0.15, -0.1) is 0 Å². The second-order valence-electron chi connectivity index (χ2n) is 2.75. The molecule has 14 heavy (non-hydrogen) atoms. The highest BCUT2D eigenvalue weighted by Crippen LogP contribution is 2.07. The zero-order chi connectivity index (χ0) is 10.4. The molecule has 3 heteroatoms. The molecule has 1 aromatic rings. The topological polar surface area (TPSA) is 49.8 Å². The van der Waals surface area contributed by atoms with Crippen LogP contribution in [-0.4, -0.2) is 4.99 Å². The Balaban J connectivity index is 2.85. The van der Waals surface area contributed by atoms with Crippen LogP contribution in [0.25, 0.3) is 6.08 Å². The van der Waals surface area contributed by atoms with Gasteiger partial charge in [0.25, 0.3) is 0 Å². The van der Waals surface area contributed by atoms with Gasteiger partial charge in [-0.05, 0) is 11.6 Å². The molecule has 0 amide bonds. The van der Waals surface area contributed by atoms with Crippen LogP contribution in [-0.2, 0) is 0 Å². The number of rotatable bonds is 3. The van der Waals surface area contributed by atoms with Crippen molar-refractivity contribution in [2.75, 3.05) is 0 Å². The zero-order valence-corrected chi connectivity index (χ0v) is 8.42. The summed E-state index contributed by atoms with van der Waals surface area (Å²) in [5.74, 6) is 0. The van der Waals surface area contributed by atoms with E-state index in [1.165, 1.54) is 0 Å². The van der Waals surface area contributed by atoms with Crippen LogP contribution in [0.3, 0.4) is 0 Å². The van der Waals surface area contributed by atoms with E-state index >= 15 is 0 Å². The molecule has 2 N–H and O–H groups in total. The maximum atomic E-state index is 8.35. The van der Waals surface area contributed by atoms with E-state index in [2.05, 4.69) is 0 Å². The molecule has 0 aliphatic heterocycles. The molecule has 0 fully saturated rings. The average molecular weight is 202 g/mol. The molecule has 0 atom stereocenters. The molecule has 0 aromatic heterocycles. The predicted octanol–water partition coefficient (Wildman–Crippen LogP) is 2.25. The molecule has 0 unspecified atom stereocenters. The van der Waals surface area contributed by atoms with Gasteiger partial charge >= 0.3 is 0 Å². The van der Waals surface area contributed by atoms with Crippen molar-refractivity contribution in [3.8, 4) is 6.07 Å². The number of hydrogen-bond donors (Lipinski definition) is 1. The first-order valence-corrected chi connectivity index (χ1v) is 4.58. The first kappa shape index (κ1) is 10.4. The largest absolute Gasteiger partial charge is 0.389 e. The molecular weight excluding hydrogens is 192 g/mol. The Bertz CT molecular complexity index is 402. The van der Waals surface area contributed by atoms with Crippen LogP contribution in [0, 0.1) is 11.3 Å². The Morgan fingerprint density at radius 1 is 1.57 bits per heavy atom. The third-order valence-electron chi connectivity index (χ3n) is 1.69. The Kier molecular flexibility index (Phi) is 3.84. The van der Waals surface area contributed by atoms with Gasteiger partial charge in [0.15, 0.2) is 0 Å². The smallest absolute Gasteiger partial charge is 0.104 e. The van der Waals surface area contributed by atoms with Crippen LogP contribution in [0.4, 0.5) is 0 Å². The summed E-state index contributed by atoms with van der Waals surface area (Å²) < 4.78 is 0. The standard InChI is InChI=1S/C11H10N2S/c12-7-2-1-4-9-5-3-6-10(8-9)11(13)14/h1,3-6,8H,2H2,(H2,13,14). The fourth-order valence-corrected chi connectivity index (χ4v) is 1.17. The molecular formula is C11H10N2S. The van der Waals surface area contributed by atoms with Gasteiger partial charge < -0.3 is 5.73 Å². The first-order chi connectivity index (χ1) is 6.74. The Hall–Kier alpha value is -1.66. The molecule has 0 saturated carbocycles. The Labute approximate surface area is 88.7 Å². The third-order valence-corrected chi connectivity index (χ3v) is 1.93. The normalized spacial score (nSPS) is 9.93. The van der Waals surface area contributed by atoms with Gasteiger partial charge in [-0.25, -0.2) is 0 Å². The van der Waals surface area contributed by atoms with Crippen molar-refractivity contribution >= 4 is 23.3 Å². The Morgan fingerprint density at radius 3 is 3.00 bits per heavy atom. The lowest BCUT2D eigenvalue weighted by molar-refractivity contribution is 1.36. The van der Waals surface area contributed by atoms with Crippen molar-refractivity contribution in [1.82, 2.24) is 0 Å². The van der Waals surface area contributed by atoms with E-state index in [0.29, 0.717) is 11.4 Å². The molecule has 0 aliphatic rings. The van der Waals surface area contributed by atoms with Gasteiger partial charge in [-0.3, -0.25) is 0 Å². The van der Waals surface area contributed by atoms with E-state index < -0.39 is 0 Å². The molecule has 1 aromatic carbocycles. The van der Waals surface area contributed by atoms with Gasteiger partial charge in [0.05, 0.1) is 12.5 Å². The molecule has 0 heterocycles. The van der Waals surface area contributed by atoms with Crippen molar-refractivity contribution < 1.29 is 0 Å². The summed E-state index contributed by atoms with van der Waals surface area (Å²) in [5.41, 5.74) is 7.34. The number of thiocarbonyl (C=S) groups is 1. The van der Waals surface area contributed by atoms with E-state index in [-0.39, 0.29) is 0 Å². The second kappa shape index (κ2) is 5.15. The van der Waals surface area contributed by atoms with Crippen molar-refractivity contribution in [3.63, 3.8) is 0 Å². The average Bonchev–Trinajstić information content (AvgIpc) is 2.19. The summed E-state index contributed by atoms with van der Waals surface area (Å²) in [6, 6.07) is 9.63.